The third kappa shape index (κ3) is 5.06. The minimum absolute atomic E-state index is 0.172. The summed E-state index contributed by atoms with van der Waals surface area (Å²) >= 11 is 11.9. The lowest BCUT2D eigenvalue weighted by Gasteiger charge is -2.25. The lowest BCUT2D eigenvalue weighted by atomic mass is 10.2. The molecule has 0 spiro atoms. The Kier molecular flexibility index (Phi) is 6.09. The summed E-state index contributed by atoms with van der Waals surface area (Å²) < 4.78 is 10.9. The Morgan fingerprint density at radius 3 is 2.76 bits per heavy atom. The molecule has 2 aromatic rings. The molecule has 1 aromatic carbocycles. The molecule has 1 N–H and O–H groups in total. The number of furan rings is 1. The quantitative estimate of drug-likeness (QED) is 0.638. The van der Waals surface area contributed by atoms with Gasteiger partial charge < -0.3 is 9.15 Å². The van der Waals surface area contributed by atoms with Gasteiger partial charge in [-0.05, 0) is 30.3 Å². The molecule has 1 aliphatic rings. The number of halogens is 2. The third-order valence-electron chi connectivity index (χ3n) is 3.68. The van der Waals surface area contributed by atoms with Crippen LogP contribution in [0.15, 0.2) is 39.9 Å². The number of morpholine rings is 1. The van der Waals surface area contributed by atoms with Crippen molar-refractivity contribution >= 4 is 35.3 Å². The van der Waals surface area contributed by atoms with Crippen molar-refractivity contribution in [3.8, 4) is 11.3 Å². The highest BCUT2D eigenvalue weighted by Crippen LogP contribution is 2.29. The standard InChI is InChI=1S/C17H17Cl2N3O3/c18-14-3-1-12(9-15(14)19)16-4-2-13(25-16)10-20-21-17(23)11-22-5-7-24-8-6-22/h1-4,9-10H,5-8,11H2,(H,21,23)/b20-10-. The maximum Gasteiger partial charge on any atom is 0.254 e. The van der Waals surface area contributed by atoms with Gasteiger partial charge in [0.1, 0.15) is 11.5 Å². The summed E-state index contributed by atoms with van der Waals surface area (Å²) in [7, 11) is 0. The van der Waals surface area contributed by atoms with Crippen LogP contribution in [0.5, 0.6) is 0 Å². The van der Waals surface area contributed by atoms with Crippen molar-refractivity contribution in [3.05, 3.63) is 46.1 Å². The van der Waals surface area contributed by atoms with Gasteiger partial charge in [0.2, 0.25) is 0 Å². The number of nitrogens with one attached hydrogen (secondary N) is 1. The van der Waals surface area contributed by atoms with Crippen LogP contribution in [0, 0.1) is 0 Å². The fourth-order valence-corrected chi connectivity index (χ4v) is 2.69. The Morgan fingerprint density at radius 1 is 1.20 bits per heavy atom. The zero-order chi connectivity index (χ0) is 17.6. The van der Waals surface area contributed by atoms with Gasteiger partial charge in [0.05, 0.1) is 36.0 Å². The minimum atomic E-state index is -0.172. The molecule has 132 valence electrons. The summed E-state index contributed by atoms with van der Waals surface area (Å²) in [5.41, 5.74) is 3.30. The average Bonchev–Trinajstić information content (AvgIpc) is 3.07. The lowest BCUT2D eigenvalue weighted by molar-refractivity contribution is -0.123. The summed E-state index contributed by atoms with van der Waals surface area (Å²) in [6.45, 7) is 3.11. The number of rotatable bonds is 5. The van der Waals surface area contributed by atoms with E-state index in [4.69, 9.17) is 32.4 Å². The Morgan fingerprint density at radius 2 is 2.00 bits per heavy atom. The molecular formula is C17H17Cl2N3O3. The molecule has 0 radical (unpaired) electrons. The van der Waals surface area contributed by atoms with Crippen molar-refractivity contribution in [2.24, 2.45) is 5.10 Å². The maximum absolute atomic E-state index is 11.8. The van der Waals surface area contributed by atoms with E-state index < -0.39 is 0 Å². The summed E-state index contributed by atoms with van der Waals surface area (Å²) in [5, 5.41) is 4.87. The highest BCUT2D eigenvalue weighted by molar-refractivity contribution is 6.42. The van der Waals surface area contributed by atoms with Crippen molar-refractivity contribution in [1.82, 2.24) is 10.3 Å². The molecule has 0 saturated carbocycles. The first-order valence-corrected chi connectivity index (χ1v) is 8.55. The van der Waals surface area contributed by atoms with E-state index in [9.17, 15) is 4.79 Å². The average molecular weight is 382 g/mol. The molecule has 1 saturated heterocycles. The molecule has 0 aliphatic carbocycles. The SMILES string of the molecule is O=C(CN1CCOCC1)N/N=C\c1ccc(-c2ccc(Cl)c(Cl)c2)o1. The fourth-order valence-electron chi connectivity index (χ4n) is 2.39. The minimum Gasteiger partial charge on any atom is -0.455 e. The van der Waals surface area contributed by atoms with E-state index in [1.807, 2.05) is 11.0 Å². The van der Waals surface area contributed by atoms with Gasteiger partial charge in [-0.1, -0.05) is 23.2 Å². The number of hydrogen-bond donors (Lipinski definition) is 1. The monoisotopic (exact) mass is 381 g/mol. The van der Waals surface area contributed by atoms with E-state index in [0.29, 0.717) is 41.3 Å². The zero-order valence-electron chi connectivity index (χ0n) is 13.4. The molecule has 3 rings (SSSR count). The number of carbonyl (C=O) groups excluding carboxylic acids is 1. The number of hydrogen-bond acceptors (Lipinski definition) is 5. The topological polar surface area (TPSA) is 67.1 Å². The Balaban J connectivity index is 1.54. The summed E-state index contributed by atoms with van der Waals surface area (Å²) in [5.74, 6) is 0.988. The first-order valence-electron chi connectivity index (χ1n) is 7.79. The van der Waals surface area contributed by atoms with Crippen LogP contribution in [0.2, 0.25) is 10.0 Å². The van der Waals surface area contributed by atoms with E-state index in [1.54, 1.807) is 24.3 Å². The lowest BCUT2D eigenvalue weighted by Crippen LogP contribution is -2.42. The molecule has 1 amide bonds. The van der Waals surface area contributed by atoms with Crippen molar-refractivity contribution in [3.63, 3.8) is 0 Å². The normalized spacial score (nSPS) is 15.6. The first-order chi connectivity index (χ1) is 12.1. The molecule has 8 heteroatoms. The van der Waals surface area contributed by atoms with E-state index in [-0.39, 0.29) is 5.91 Å². The Labute approximate surface area is 155 Å². The van der Waals surface area contributed by atoms with Gasteiger partial charge >= 0.3 is 0 Å². The molecular weight excluding hydrogens is 365 g/mol. The molecule has 2 heterocycles. The van der Waals surface area contributed by atoms with Gasteiger partial charge in [0, 0.05) is 18.7 Å². The molecule has 1 aliphatic heterocycles. The number of ether oxygens (including phenoxy) is 1. The van der Waals surface area contributed by atoms with Crippen LogP contribution in [-0.2, 0) is 9.53 Å². The largest absolute Gasteiger partial charge is 0.455 e. The number of hydrazone groups is 1. The fraction of sp³-hybridized carbons (Fsp3) is 0.294. The highest BCUT2D eigenvalue weighted by atomic mass is 35.5. The van der Waals surface area contributed by atoms with Gasteiger partial charge in [-0.25, -0.2) is 5.43 Å². The molecule has 0 unspecified atom stereocenters. The van der Waals surface area contributed by atoms with Gasteiger partial charge in [-0.15, -0.1) is 0 Å². The van der Waals surface area contributed by atoms with E-state index in [0.717, 1.165) is 18.7 Å². The molecule has 0 bridgehead atoms. The van der Waals surface area contributed by atoms with E-state index in [1.165, 1.54) is 6.21 Å². The van der Waals surface area contributed by atoms with E-state index in [2.05, 4.69) is 10.5 Å². The van der Waals surface area contributed by atoms with Crippen LogP contribution in [0.1, 0.15) is 5.76 Å². The van der Waals surface area contributed by atoms with Gasteiger partial charge in [0.15, 0.2) is 0 Å². The van der Waals surface area contributed by atoms with Crippen LogP contribution in [-0.4, -0.2) is 49.9 Å². The molecule has 1 aromatic heterocycles. The van der Waals surface area contributed by atoms with Crippen LogP contribution < -0.4 is 5.43 Å². The number of nitrogens with zero attached hydrogens (tertiary/aromatic N) is 2. The highest BCUT2D eigenvalue weighted by Gasteiger charge is 2.13. The number of carbonyl (C=O) groups is 1. The van der Waals surface area contributed by atoms with Gasteiger partial charge in [-0.2, -0.15) is 5.10 Å². The van der Waals surface area contributed by atoms with E-state index >= 15 is 0 Å². The second-order valence-electron chi connectivity index (χ2n) is 5.51. The zero-order valence-corrected chi connectivity index (χ0v) is 14.9. The first kappa shape index (κ1) is 17.9. The van der Waals surface area contributed by atoms with Crippen molar-refractivity contribution in [2.45, 2.75) is 0 Å². The molecule has 0 atom stereocenters. The van der Waals surface area contributed by atoms with Gasteiger partial charge in [-0.3, -0.25) is 9.69 Å². The maximum atomic E-state index is 11.8. The predicted molar refractivity (Wildman–Crippen MR) is 97.2 cm³/mol. The van der Waals surface area contributed by atoms with Crippen molar-refractivity contribution in [1.29, 1.82) is 0 Å². The third-order valence-corrected chi connectivity index (χ3v) is 4.42. The summed E-state index contributed by atoms with van der Waals surface area (Å²) in [6, 6.07) is 8.82. The molecule has 25 heavy (non-hydrogen) atoms. The Bertz CT molecular complexity index is 770. The number of benzene rings is 1. The molecule has 6 nitrogen and oxygen atoms in total. The van der Waals surface area contributed by atoms with Crippen LogP contribution >= 0.6 is 23.2 Å². The number of amides is 1. The van der Waals surface area contributed by atoms with Gasteiger partial charge in [0.25, 0.3) is 5.91 Å². The summed E-state index contributed by atoms with van der Waals surface area (Å²) in [4.78, 5) is 13.8. The second kappa shape index (κ2) is 8.49. The predicted octanol–water partition coefficient (Wildman–Crippen LogP) is 3.04. The second-order valence-corrected chi connectivity index (χ2v) is 6.33. The molecule has 1 fully saturated rings. The Hall–Kier alpha value is -1.86. The van der Waals surface area contributed by atoms with Crippen molar-refractivity contribution < 1.29 is 13.9 Å². The summed E-state index contributed by atoms with van der Waals surface area (Å²) in [6.07, 6.45) is 1.46. The van der Waals surface area contributed by atoms with Crippen molar-refractivity contribution in [2.75, 3.05) is 32.8 Å². The van der Waals surface area contributed by atoms with Crippen LogP contribution in [0.25, 0.3) is 11.3 Å². The smallest absolute Gasteiger partial charge is 0.254 e. The van der Waals surface area contributed by atoms with Crippen LogP contribution in [0.3, 0.4) is 0 Å². The van der Waals surface area contributed by atoms with Crippen LogP contribution in [0.4, 0.5) is 0 Å².